The van der Waals surface area contributed by atoms with Gasteiger partial charge in [0.25, 0.3) is 0 Å². The minimum atomic E-state index is -1.01. The summed E-state index contributed by atoms with van der Waals surface area (Å²) in [5.41, 5.74) is 0. The molecular weight excluding hydrogens is 296 g/mol. The number of carboxylic acids is 1. The lowest BCUT2D eigenvalue weighted by atomic mass is 9.84. The van der Waals surface area contributed by atoms with Crippen molar-refractivity contribution in [3.8, 4) is 0 Å². The van der Waals surface area contributed by atoms with E-state index in [4.69, 9.17) is 0 Å². The van der Waals surface area contributed by atoms with Crippen molar-refractivity contribution in [3.63, 3.8) is 0 Å². The van der Waals surface area contributed by atoms with Gasteiger partial charge in [-0.2, -0.15) is 11.8 Å². The predicted molar refractivity (Wildman–Crippen MR) is 76.8 cm³/mol. The van der Waals surface area contributed by atoms with E-state index in [2.05, 4.69) is 5.32 Å². The van der Waals surface area contributed by atoms with E-state index in [0.29, 0.717) is 18.7 Å². The van der Waals surface area contributed by atoms with Gasteiger partial charge in [0.05, 0.1) is 12.0 Å². The Balaban J connectivity index is 1.97. The normalized spacial score (nSPS) is 32.3. The summed E-state index contributed by atoms with van der Waals surface area (Å²) >= 11 is 1.45. The lowest BCUT2D eigenvalue weighted by Gasteiger charge is -2.45. The quantitative estimate of drug-likeness (QED) is 0.441. The fraction of sp³-hybridized carbons (Fsp3) is 0.769. The van der Waals surface area contributed by atoms with Gasteiger partial charge in [-0.15, -0.1) is 0 Å². The van der Waals surface area contributed by atoms with Crippen LogP contribution in [0, 0.1) is 5.92 Å². The van der Waals surface area contributed by atoms with Gasteiger partial charge in [-0.3, -0.25) is 9.59 Å². The van der Waals surface area contributed by atoms with Crippen molar-refractivity contribution < 1.29 is 24.6 Å². The SMILES string of the molecule is CC(=O)NCCS[C@H]1C[C@@H]2[C@H](C(C)O)C(=O)N2[C@H]1C(=O)O. The minimum Gasteiger partial charge on any atom is -0.480 e. The van der Waals surface area contributed by atoms with Crippen LogP contribution in [0.3, 0.4) is 0 Å². The largest absolute Gasteiger partial charge is 0.480 e. The van der Waals surface area contributed by atoms with E-state index < -0.39 is 24.0 Å². The highest BCUT2D eigenvalue weighted by molar-refractivity contribution is 8.00. The number of carbonyl (C=O) groups is 3. The van der Waals surface area contributed by atoms with Gasteiger partial charge in [-0.05, 0) is 13.3 Å². The van der Waals surface area contributed by atoms with Crippen LogP contribution in [0.4, 0.5) is 0 Å². The van der Waals surface area contributed by atoms with Crippen LogP contribution in [0.1, 0.15) is 20.3 Å². The van der Waals surface area contributed by atoms with Crippen molar-refractivity contribution in [2.75, 3.05) is 12.3 Å². The molecule has 0 aromatic carbocycles. The summed E-state index contributed by atoms with van der Waals surface area (Å²) in [7, 11) is 0. The van der Waals surface area contributed by atoms with Crippen LogP contribution < -0.4 is 5.32 Å². The van der Waals surface area contributed by atoms with E-state index >= 15 is 0 Å². The summed E-state index contributed by atoms with van der Waals surface area (Å²) in [6.45, 7) is 3.46. The van der Waals surface area contributed by atoms with Crippen LogP contribution in [0.2, 0.25) is 0 Å². The van der Waals surface area contributed by atoms with Gasteiger partial charge in [-0.1, -0.05) is 0 Å². The number of β-lactam (4-membered cyclic amide) rings is 1. The number of hydrogen-bond acceptors (Lipinski definition) is 5. The molecule has 5 atom stereocenters. The maximum atomic E-state index is 12.0. The summed E-state index contributed by atoms with van der Waals surface area (Å²) in [5, 5.41) is 21.4. The average Bonchev–Trinajstić information content (AvgIpc) is 2.68. The predicted octanol–water partition coefficient (Wildman–Crippen LogP) is -0.711. The van der Waals surface area contributed by atoms with Gasteiger partial charge in [0.2, 0.25) is 11.8 Å². The number of nitrogens with one attached hydrogen (secondary N) is 1. The monoisotopic (exact) mass is 316 g/mol. The van der Waals surface area contributed by atoms with E-state index in [1.807, 2.05) is 0 Å². The van der Waals surface area contributed by atoms with Gasteiger partial charge < -0.3 is 20.4 Å². The number of carbonyl (C=O) groups excluding carboxylic acids is 2. The fourth-order valence-electron chi connectivity index (χ4n) is 3.14. The number of amides is 2. The van der Waals surface area contributed by atoms with Gasteiger partial charge in [0.1, 0.15) is 6.04 Å². The van der Waals surface area contributed by atoms with E-state index in [9.17, 15) is 24.6 Å². The van der Waals surface area contributed by atoms with Gasteiger partial charge in [0, 0.05) is 30.5 Å². The molecule has 2 rings (SSSR count). The Morgan fingerprint density at radius 2 is 2.19 bits per heavy atom. The molecule has 2 aliphatic heterocycles. The van der Waals surface area contributed by atoms with E-state index in [1.165, 1.54) is 23.6 Å². The van der Waals surface area contributed by atoms with Crippen molar-refractivity contribution in [1.82, 2.24) is 10.2 Å². The zero-order valence-corrected chi connectivity index (χ0v) is 12.8. The molecular formula is C13H20N2O5S. The molecule has 21 heavy (non-hydrogen) atoms. The molecule has 0 aromatic heterocycles. The highest BCUT2D eigenvalue weighted by Crippen LogP contribution is 2.45. The molecule has 8 heteroatoms. The third-order valence-corrected chi connectivity index (χ3v) is 5.34. The van der Waals surface area contributed by atoms with E-state index in [-0.39, 0.29) is 23.1 Å². The molecule has 1 unspecified atom stereocenters. The Bertz CT molecular complexity index is 456. The van der Waals surface area contributed by atoms with Gasteiger partial charge in [0.15, 0.2) is 0 Å². The summed E-state index contributed by atoms with van der Waals surface area (Å²) in [4.78, 5) is 35.6. The van der Waals surface area contributed by atoms with Crippen LogP contribution in [0.5, 0.6) is 0 Å². The average molecular weight is 316 g/mol. The molecule has 3 N–H and O–H groups in total. The van der Waals surface area contributed by atoms with Gasteiger partial charge >= 0.3 is 5.97 Å². The smallest absolute Gasteiger partial charge is 0.327 e. The first-order valence-corrected chi connectivity index (χ1v) is 7.98. The first-order valence-electron chi connectivity index (χ1n) is 6.93. The van der Waals surface area contributed by atoms with E-state index in [1.54, 1.807) is 6.92 Å². The Morgan fingerprint density at radius 1 is 1.52 bits per heavy atom. The van der Waals surface area contributed by atoms with Crippen molar-refractivity contribution in [3.05, 3.63) is 0 Å². The number of fused-ring (bicyclic) bond motifs is 1. The number of aliphatic hydroxyl groups excluding tert-OH is 1. The standard InChI is InChI=1S/C13H20N2O5S/c1-6(16)10-8-5-9(21-4-3-14-7(2)17)11(13(19)20)15(8)12(10)18/h6,8-11,16H,3-5H2,1-2H3,(H,14,17)(H,19,20)/t6?,8-,9+,10+,11-/m1/s1. The first-order chi connectivity index (χ1) is 9.84. The van der Waals surface area contributed by atoms with Crippen LogP contribution in [0.25, 0.3) is 0 Å². The second-order valence-corrected chi connectivity index (χ2v) is 6.84. The summed E-state index contributed by atoms with van der Waals surface area (Å²) < 4.78 is 0. The number of thioether (sulfide) groups is 1. The lowest BCUT2D eigenvalue weighted by Crippen LogP contribution is -2.64. The maximum Gasteiger partial charge on any atom is 0.327 e. The number of aliphatic hydroxyl groups is 1. The zero-order chi connectivity index (χ0) is 15.7. The molecule has 2 heterocycles. The molecule has 118 valence electrons. The fourth-order valence-corrected chi connectivity index (χ4v) is 4.43. The lowest BCUT2D eigenvalue weighted by molar-refractivity contribution is -0.169. The second-order valence-electron chi connectivity index (χ2n) is 5.49. The summed E-state index contributed by atoms with van der Waals surface area (Å²) in [6.07, 6.45) is -0.181. The van der Waals surface area contributed by atoms with Crippen molar-refractivity contribution >= 4 is 29.5 Å². The Kier molecular flexibility index (Phi) is 4.77. The molecule has 7 nitrogen and oxygen atoms in total. The van der Waals surface area contributed by atoms with Crippen LogP contribution >= 0.6 is 11.8 Å². The molecule has 0 bridgehead atoms. The summed E-state index contributed by atoms with van der Waals surface area (Å²) in [6, 6.07) is -1.02. The number of rotatable bonds is 6. The van der Waals surface area contributed by atoms with Crippen LogP contribution in [-0.4, -0.2) is 68.6 Å². The third kappa shape index (κ3) is 3.01. The Morgan fingerprint density at radius 3 is 2.71 bits per heavy atom. The van der Waals surface area contributed by atoms with Crippen LogP contribution in [-0.2, 0) is 14.4 Å². The molecule has 2 amide bonds. The number of nitrogens with zero attached hydrogens (tertiary/aromatic N) is 1. The van der Waals surface area contributed by atoms with Crippen molar-refractivity contribution in [1.29, 1.82) is 0 Å². The third-order valence-electron chi connectivity index (χ3n) is 4.02. The molecule has 0 saturated carbocycles. The molecule has 0 aliphatic carbocycles. The first kappa shape index (κ1) is 16.1. The highest BCUT2D eigenvalue weighted by atomic mass is 32.2. The van der Waals surface area contributed by atoms with Crippen LogP contribution in [0.15, 0.2) is 0 Å². The number of carboxylic acid groups (broad SMARTS) is 1. The topological polar surface area (TPSA) is 107 Å². The molecule has 2 fully saturated rings. The Hall–Kier alpha value is -1.28. The highest BCUT2D eigenvalue weighted by Gasteiger charge is 2.61. The van der Waals surface area contributed by atoms with Gasteiger partial charge in [-0.25, -0.2) is 4.79 Å². The molecule has 0 radical (unpaired) electrons. The summed E-state index contributed by atoms with van der Waals surface area (Å²) in [5.74, 6) is -1.28. The number of hydrogen-bond donors (Lipinski definition) is 3. The maximum absolute atomic E-state index is 12.0. The van der Waals surface area contributed by atoms with Crippen molar-refractivity contribution in [2.45, 2.75) is 43.7 Å². The molecule has 2 saturated heterocycles. The van der Waals surface area contributed by atoms with E-state index in [0.717, 1.165) is 0 Å². The molecule has 0 aromatic rings. The molecule has 0 spiro atoms. The molecule has 2 aliphatic rings. The second kappa shape index (κ2) is 6.23. The zero-order valence-electron chi connectivity index (χ0n) is 12.0. The minimum absolute atomic E-state index is 0.120. The number of aliphatic carboxylic acids is 1. The van der Waals surface area contributed by atoms with Crippen molar-refractivity contribution in [2.24, 2.45) is 5.92 Å². The Labute approximate surface area is 127 Å².